The number of benzene rings is 1. The van der Waals surface area contributed by atoms with Crippen LogP contribution in [-0.2, 0) is 10.0 Å². The van der Waals surface area contributed by atoms with Crippen LogP contribution in [0.3, 0.4) is 0 Å². The van der Waals surface area contributed by atoms with Gasteiger partial charge in [0.1, 0.15) is 5.69 Å². The summed E-state index contributed by atoms with van der Waals surface area (Å²) in [6, 6.07) is 9.16. The minimum absolute atomic E-state index is 0.0428. The second-order valence-electron chi connectivity index (χ2n) is 4.90. The first kappa shape index (κ1) is 15.2. The van der Waals surface area contributed by atoms with Crippen molar-refractivity contribution in [3.63, 3.8) is 0 Å². The van der Waals surface area contributed by atoms with Gasteiger partial charge in [-0.15, -0.1) is 0 Å². The topological polar surface area (TPSA) is 96.4 Å². The van der Waals surface area contributed by atoms with Crippen LogP contribution in [0.2, 0.25) is 0 Å². The van der Waals surface area contributed by atoms with Crippen LogP contribution in [0, 0.1) is 0 Å². The fourth-order valence-corrected chi connectivity index (χ4v) is 2.87. The molecule has 2 amide bonds. The van der Waals surface area contributed by atoms with Crippen LogP contribution >= 0.6 is 0 Å². The first-order chi connectivity index (χ1) is 10.9. The Balaban J connectivity index is 1.90. The molecule has 1 aromatic carbocycles. The lowest BCUT2D eigenvalue weighted by Gasteiger charge is -2.14. The zero-order valence-electron chi connectivity index (χ0n) is 12.2. The van der Waals surface area contributed by atoms with E-state index in [2.05, 4.69) is 9.71 Å². The molecule has 0 saturated heterocycles. The summed E-state index contributed by atoms with van der Waals surface area (Å²) in [5.41, 5.74) is 1.10. The highest BCUT2D eigenvalue weighted by Gasteiger charge is 2.37. The Labute approximate surface area is 133 Å². The van der Waals surface area contributed by atoms with E-state index < -0.39 is 21.8 Å². The molecule has 2 aromatic rings. The van der Waals surface area contributed by atoms with E-state index in [0.29, 0.717) is 11.4 Å². The van der Waals surface area contributed by atoms with E-state index in [4.69, 9.17) is 0 Å². The summed E-state index contributed by atoms with van der Waals surface area (Å²) < 4.78 is 25.4. The van der Waals surface area contributed by atoms with Crippen LogP contribution < -0.4 is 9.62 Å². The quantitative estimate of drug-likeness (QED) is 0.859. The Hall–Kier alpha value is -2.74. The van der Waals surface area contributed by atoms with Gasteiger partial charge in [-0.3, -0.25) is 19.3 Å². The molecule has 1 N–H and O–H groups in total. The Morgan fingerprint density at radius 2 is 1.78 bits per heavy atom. The molecule has 7 nitrogen and oxygen atoms in total. The predicted octanol–water partition coefficient (Wildman–Crippen LogP) is 1.64. The molecule has 118 valence electrons. The standard InChI is InChI=1S/C15H13N3O4S/c1-2-23(21,22)17-10-5-7-11(8-6-10)18-14(19)12-4-3-9-16-13(12)15(18)20/h3-9,17H,2H2,1H3. The number of carbonyl (C=O) groups excluding carboxylic acids is 2. The third-order valence-electron chi connectivity index (χ3n) is 3.43. The maximum Gasteiger partial charge on any atom is 0.284 e. The second kappa shape index (κ2) is 5.47. The molecule has 0 atom stereocenters. The third-order valence-corrected chi connectivity index (χ3v) is 4.73. The van der Waals surface area contributed by atoms with Gasteiger partial charge >= 0.3 is 0 Å². The summed E-state index contributed by atoms with van der Waals surface area (Å²) in [4.78, 5) is 29.6. The number of aromatic nitrogens is 1. The summed E-state index contributed by atoms with van der Waals surface area (Å²) in [6.07, 6.45) is 1.45. The van der Waals surface area contributed by atoms with Crippen LogP contribution in [0.1, 0.15) is 27.8 Å². The van der Waals surface area contributed by atoms with Gasteiger partial charge in [-0.25, -0.2) is 13.3 Å². The van der Waals surface area contributed by atoms with E-state index in [1.807, 2.05) is 0 Å². The first-order valence-corrected chi connectivity index (χ1v) is 8.52. The number of imide groups is 1. The third kappa shape index (κ3) is 2.68. The molecule has 0 spiro atoms. The number of sulfonamides is 1. The lowest BCUT2D eigenvalue weighted by Crippen LogP contribution is -2.29. The van der Waals surface area contributed by atoms with Crippen molar-refractivity contribution in [1.29, 1.82) is 0 Å². The van der Waals surface area contributed by atoms with Crippen molar-refractivity contribution in [1.82, 2.24) is 4.98 Å². The van der Waals surface area contributed by atoms with Gasteiger partial charge < -0.3 is 0 Å². The number of hydrogen-bond donors (Lipinski definition) is 1. The lowest BCUT2D eigenvalue weighted by atomic mass is 10.2. The van der Waals surface area contributed by atoms with E-state index in [9.17, 15) is 18.0 Å². The zero-order chi connectivity index (χ0) is 16.6. The number of hydrogen-bond acceptors (Lipinski definition) is 5. The molecule has 1 aromatic heterocycles. The maximum absolute atomic E-state index is 12.3. The predicted molar refractivity (Wildman–Crippen MR) is 84.9 cm³/mol. The van der Waals surface area contributed by atoms with Crippen LogP contribution in [-0.4, -0.2) is 31.0 Å². The Morgan fingerprint density at radius 3 is 2.39 bits per heavy atom. The summed E-state index contributed by atoms with van der Waals surface area (Å²) in [5.74, 6) is -0.980. The number of anilines is 2. The molecule has 0 fully saturated rings. The second-order valence-corrected chi connectivity index (χ2v) is 6.91. The van der Waals surface area contributed by atoms with Gasteiger partial charge in [0.05, 0.1) is 17.0 Å². The molecule has 0 saturated carbocycles. The first-order valence-electron chi connectivity index (χ1n) is 6.87. The van der Waals surface area contributed by atoms with Crippen molar-refractivity contribution in [2.24, 2.45) is 0 Å². The summed E-state index contributed by atoms with van der Waals surface area (Å²) in [5, 5.41) is 0. The van der Waals surface area contributed by atoms with Crippen molar-refractivity contribution < 1.29 is 18.0 Å². The summed E-state index contributed by atoms with van der Waals surface area (Å²) in [6.45, 7) is 1.53. The Bertz CT molecular complexity index is 856. The van der Waals surface area contributed by atoms with E-state index >= 15 is 0 Å². The lowest BCUT2D eigenvalue weighted by molar-refractivity contribution is 0.0924. The van der Waals surface area contributed by atoms with Crippen molar-refractivity contribution in [2.75, 3.05) is 15.4 Å². The molecule has 0 aliphatic carbocycles. The summed E-state index contributed by atoms with van der Waals surface area (Å²) in [7, 11) is -3.38. The molecule has 0 bridgehead atoms. The van der Waals surface area contributed by atoms with Crippen molar-refractivity contribution in [3.8, 4) is 0 Å². The maximum atomic E-state index is 12.3. The molecule has 8 heteroatoms. The minimum Gasteiger partial charge on any atom is -0.284 e. The fraction of sp³-hybridized carbons (Fsp3) is 0.133. The molecule has 1 aliphatic heterocycles. The smallest absolute Gasteiger partial charge is 0.284 e. The average Bonchev–Trinajstić information content (AvgIpc) is 2.80. The average molecular weight is 331 g/mol. The molecule has 1 aliphatic rings. The van der Waals surface area contributed by atoms with Crippen molar-refractivity contribution in [2.45, 2.75) is 6.92 Å². The molecule has 2 heterocycles. The fourth-order valence-electron chi connectivity index (χ4n) is 2.23. The van der Waals surface area contributed by atoms with Gasteiger partial charge in [0.15, 0.2) is 0 Å². The van der Waals surface area contributed by atoms with Crippen LogP contribution in [0.5, 0.6) is 0 Å². The highest BCUT2D eigenvalue weighted by atomic mass is 32.2. The van der Waals surface area contributed by atoms with Crippen LogP contribution in [0.4, 0.5) is 11.4 Å². The van der Waals surface area contributed by atoms with Gasteiger partial charge in [0.25, 0.3) is 11.8 Å². The van der Waals surface area contributed by atoms with E-state index in [1.54, 1.807) is 12.1 Å². The molecule has 23 heavy (non-hydrogen) atoms. The number of nitrogens with one attached hydrogen (secondary N) is 1. The summed E-state index contributed by atoms with van der Waals surface area (Å²) >= 11 is 0. The van der Waals surface area contributed by atoms with E-state index in [1.165, 1.54) is 37.4 Å². The molecular weight excluding hydrogens is 318 g/mol. The van der Waals surface area contributed by atoms with E-state index in [-0.39, 0.29) is 17.0 Å². The zero-order valence-corrected chi connectivity index (χ0v) is 13.0. The molecule has 3 rings (SSSR count). The van der Waals surface area contributed by atoms with Gasteiger partial charge in [-0.1, -0.05) is 0 Å². The highest BCUT2D eigenvalue weighted by molar-refractivity contribution is 7.92. The van der Waals surface area contributed by atoms with Crippen molar-refractivity contribution >= 4 is 33.2 Å². The Kier molecular flexibility index (Phi) is 3.61. The molecule has 0 radical (unpaired) electrons. The van der Waals surface area contributed by atoms with Crippen molar-refractivity contribution in [3.05, 3.63) is 53.9 Å². The van der Waals surface area contributed by atoms with Crippen LogP contribution in [0.15, 0.2) is 42.6 Å². The number of rotatable bonds is 4. The van der Waals surface area contributed by atoms with E-state index in [0.717, 1.165) is 4.90 Å². The van der Waals surface area contributed by atoms with Crippen LogP contribution in [0.25, 0.3) is 0 Å². The largest absolute Gasteiger partial charge is 0.284 e. The number of fused-ring (bicyclic) bond motifs is 1. The molecule has 0 unspecified atom stereocenters. The normalized spacial score (nSPS) is 14.0. The van der Waals surface area contributed by atoms with Gasteiger partial charge in [0, 0.05) is 11.9 Å². The highest BCUT2D eigenvalue weighted by Crippen LogP contribution is 2.28. The van der Waals surface area contributed by atoms with Gasteiger partial charge in [-0.2, -0.15) is 0 Å². The monoisotopic (exact) mass is 331 g/mol. The number of pyridine rings is 1. The number of amides is 2. The van der Waals surface area contributed by atoms with Gasteiger partial charge in [-0.05, 0) is 43.3 Å². The van der Waals surface area contributed by atoms with Gasteiger partial charge in [0.2, 0.25) is 10.0 Å². The number of carbonyl (C=O) groups is 2. The SMILES string of the molecule is CCS(=O)(=O)Nc1ccc(N2C(=O)c3cccnc3C2=O)cc1. The Morgan fingerprint density at radius 1 is 1.09 bits per heavy atom. The minimum atomic E-state index is -3.38. The molecular formula is C15H13N3O4S. The number of nitrogens with zero attached hydrogens (tertiary/aromatic N) is 2.